The molecule has 0 spiro atoms. The van der Waals surface area contributed by atoms with Crippen molar-refractivity contribution < 1.29 is 4.74 Å². The third-order valence-corrected chi connectivity index (χ3v) is 6.28. The molecule has 2 unspecified atom stereocenters. The summed E-state index contributed by atoms with van der Waals surface area (Å²) in [6.07, 6.45) is 7.17. The third kappa shape index (κ3) is 5.56. The molecule has 0 amide bonds. The molecule has 1 fully saturated rings. The molecule has 1 aromatic heterocycles. The quantitative estimate of drug-likeness (QED) is 0.570. The number of nitrogens with zero attached hydrogens (tertiary/aromatic N) is 3. The largest absolute Gasteiger partial charge is 0.375 e. The average molecular weight is 422 g/mol. The topological polar surface area (TPSA) is 61.8 Å². The van der Waals surface area contributed by atoms with Gasteiger partial charge in [0.25, 0.3) is 0 Å². The molecule has 2 aliphatic rings. The average Bonchev–Trinajstić information content (AvgIpc) is 2.81. The molecule has 1 aliphatic carbocycles. The molecule has 0 saturated carbocycles. The summed E-state index contributed by atoms with van der Waals surface area (Å²) in [5.74, 6) is 1.82. The molecule has 2 N–H and O–H groups in total. The van der Waals surface area contributed by atoms with E-state index in [-0.39, 0.29) is 12.1 Å². The lowest BCUT2D eigenvalue weighted by Crippen LogP contribution is -2.41. The van der Waals surface area contributed by atoms with E-state index in [0.29, 0.717) is 6.54 Å². The highest BCUT2D eigenvalue weighted by Crippen LogP contribution is 2.24. The smallest absolute Gasteiger partial charge is 0.191 e. The summed E-state index contributed by atoms with van der Waals surface area (Å²) in [6, 6.07) is 11.3. The van der Waals surface area contributed by atoms with E-state index in [9.17, 15) is 0 Å². The fourth-order valence-electron chi connectivity index (χ4n) is 4.46. The van der Waals surface area contributed by atoms with Gasteiger partial charge in [-0.2, -0.15) is 0 Å². The standard InChI is InChI=1S/C25H35N5O/c1-18-17-30(12-13-31-18)24-14-20(10-11-27-24)16-28-25(26-3)29-19(2)22-9-8-21-6-4-5-7-23(21)15-22/h8-11,14-15,18-19H,4-7,12-13,16-17H2,1-3H3,(H2,26,28,29). The first-order valence-electron chi connectivity index (χ1n) is 11.5. The molecule has 2 aromatic rings. The van der Waals surface area contributed by atoms with Crippen LogP contribution < -0.4 is 15.5 Å². The predicted molar refractivity (Wildman–Crippen MR) is 127 cm³/mol. The predicted octanol–water partition coefficient (Wildman–Crippen LogP) is 3.61. The van der Waals surface area contributed by atoms with E-state index in [1.54, 1.807) is 0 Å². The van der Waals surface area contributed by atoms with E-state index in [2.05, 4.69) is 69.7 Å². The third-order valence-electron chi connectivity index (χ3n) is 6.28. The monoisotopic (exact) mass is 421 g/mol. The van der Waals surface area contributed by atoms with Gasteiger partial charge >= 0.3 is 0 Å². The summed E-state index contributed by atoms with van der Waals surface area (Å²) in [5, 5.41) is 7.00. The minimum Gasteiger partial charge on any atom is -0.375 e. The van der Waals surface area contributed by atoms with Gasteiger partial charge in [-0.05, 0) is 73.9 Å². The number of rotatable bonds is 5. The molecule has 0 bridgehead atoms. The van der Waals surface area contributed by atoms with Crippen LogP contribution in [0.1, 0.15) is 55.0 Å². The van der Waals surface area contributed by atoms with Gasteiger partial charge in [-0.1, -0.05) is 18.2 Å². The Morgan fingerprint density at radius 2 is 2.06 bits per heavy atom. The Kier molecular flexibility index (Phi) is 7.07. The number of hydrogen-bond acceptors (Lipinski definition) is 4. The van der Waals surface area contributed by atoms with Gasteiger partial charge in [0, 0.05) is 32.9 Å². The van der Waals surface area contributed by atoms with Crippen LogP contribution in [-0.2, 0) is 24.1 Å². The van der Waals surface area contributed by atoms with Crippen LogP contribution in [0.2, 0.25) is 0 Å². The number of anilines is 1. The highest BCUT2D eigenvalue weighted by atomic mass is 16.5. The summed E-state index contributed by atoms with van der Waals surface area (Å²) in [6.45, 7) is 7.52. The van der Waals surface area contributed by atoms with Crippen molar-refractivity contribution in [3.05, 3.63) is 58.8 Å². The van der Waals surface area contributed by atoms with Crippen LogP contribution in [0.5, 0.6) is 0 Å². The van der Waals surface area contributed by atoms with E-state index in [1.165, 1.54) is 47.9 Å². The normalized spacial score (nSPS) is 20.2. The van der Waals surface area contributed by atoms with Crippen molar-refractivity contribution in [1.29, 1.82) is 0 Å². The van der Waals surface area contributed by atoms with Gasteiger partial charge in [-0.25, -0.2) is 4.98 Å². The van der Waals surface area contributed by atoms with Gasteiger partial charge in [-0.15, -0.1) is 0 Å². The number of ether oxygens (including phenoxy) is 1. The fraction of sp³-hybridized carbons (Fsp3) is 0.520. The first-order chi connectivity index (χ1) is 15.1. The number of aryl methyl sites for hydroxylation is 2. The number of nitrogens with one attached hydrogen (secondary N) is 2. The molecule has 2 heterocycles. The van der Waals surface area contributed by atoms with E-state index < -0.39 is 0 Å². The van der Waals surface area contributed by atoms with Gasteiger partial charge < -0.3 is 20.3 Å². The number of morpholine rings is 1. The molecule has 6 nitrogen and oxygen atoms in total. The SMILES string of the molecule is CN=C(NCc1ccnc(N2CCOC(C)C2)c1)NC(C)c1ccc2c(c1)CCCC2. The zero-order chi connectivity index (χ0) is 21.6. The first kappa shape index (κ1) is 21.6. The van der Waals surface area contributed by atoms with Crippen LogP contribution in [0.4, 0.5) is 5.82 Å². The Morgan fingerprint density at radius 1 is 1.23 bits per heavy atom. The Hall–Kier alpha value is -2.60. The second-order valence-electron chi connectivity index (χ2n) is 8.68. The van der Waals surface area contributed by atoms with Crippen LogP contribution in [0.25, 0.3) is 0 Å². The molecule has 6 heteroatoms. The molecule has 0 radical (unpaired) electrons. The Morgan fingerprint density at radius 3 is 2.87 bits per heavy atom. The summed E-state index contributed by atoms with van der Waals surface area (Å²) in [5.41, 5.74) is 5.54. The van der Waals surface area contributed by atoms with E-state index >= 15 is 0 Å². The lowest BCUT2D eigenvalue weighted by atomic mass is 9.89. The van der Waals surface area contributed by atoms with Crippen molar-refractivity contribution in [2.45, 2.75) is 58.2 Å². The lowest BCUT2D eigenvalue weighted by Gasteiger charge is -2.32. The van der Waals surface area contributed by atoms with Crippen molar-refractivity contribution >= 4 is 11.8 Å². The molecule has 4 rings (SSSR count). The van der Waals surface area contributed by atoms with Crippen LogP contribution in [0, 0.1) is 0 Å². The number of aliphatic imine (C=N–C) groups is 1. The molecule has 1 saturated heterocycles. The summed E-state index contributed by atoms with van der Waals surface area (Å²) in [7, 11) is 1.82. The van der Waals surface area contributed by atoms with Crippen LogP contribution in [-0.4, -0.2) is 43.8 Å². The first-order valence-corrected chi connectivity index (χ1v) is 11.5. The number of hydrogen-bond donors (Lipinski definition) is 2. The molecule has 1 aromatic carbocycles. The minimum absolute atomic E-state index is 0.196. The van der Waals surface area contributed by atoms with Crippen molar-refractivity contribution in [2.75, 3.05) is 31.6 Å². The number of fused-ring (bicyclic) bond motifs is 1. The molecule has 31 heavy (non-hydrogen) atoms. The van der Waals surface area contributed by atoms with Crippen molar-refractivity contribution in [1.82, 2.24) is 15.6 Å². The maximum atomic E-state index is 5.65. The van der Waals surface area contributed by atoms with Crippen LogP contribution in [0.15, 0.2) is 41.5 Å². The van der Waals surface area contributed by atoms with Gasteiger partial charge in [0.15, 0.2) is 5.96 Å². The van der Waals surface area contributed by atoms with Gasteiger partial charge in [0.1, 0.15) is 5.82 Å². The lowest BCUT2D eigenvalue weighted by molar-refractivity contribution is 0.0529. The van der Waals surface area contributed by atoms with E-state index in [4.69, 9.17) is 4.74 Å². The zero-order valence-electron chi connectivity index (χ0n) is 19.0. The second kappa shape index (κ2) is 10.1. The maximum Gasteiger partial charge on any atom is 0.191 e. The zero-order valence-corrected chi connectivity index (χ0v) is 19.0. The number of aromatic nitrogens is 1. The Balaban J connectivity index is 1.35. The van der Waals surface area contributed by atoms with E-state index in [1.807, 2.05) is 13.2 Å². The van der Waals surface area contributed by atoms with Crippen molar-refractivity contribution in [2.24, 2.45) is 4.99 Å². The van der Waals surface area contributed by atoms with Crippen LogP contribution in [0.3, 0.4) is 0 Å². The molecule has 1 aliphatic heterocycles. The Bertz CT molecular complexity index is 913. The number of benzene rings is 1. The van der Waals surface area contributed by atoms with Gasteiger partial charge in [0.05, 0.1) is 18.8 Å². The minimum atomic E-state index is 0.196. The highest BCUT2D eigenvalue weighted by molar-refractivity contribution is 5.80. The number of pyridine rings is 1. The molecule has 2 atom stereocenters. The molecular weight excluding hydrogens is 386 g/mol. The maximum absolute atomic E-state index is 5.65. The Labute approximate surface area is 186 Å². The van der Waals surface area contributed by atoms with E-state index in [0.717, 1.165) is 31.5 Å². The van der Waals surface area contributed by atoms with Crippen molar-refractivity contribution in [3.8, 4) is 0 Å². The highest BCUT2D eigenvalue weighted by Gasteiger charge is 2.18. The molecule has 166 valence electrons. The fourth-order valence-corrected chi connectivity index (χ4v) is 4.46. The second-order valence-corrected chi connectivity index (χ2v) is 8.68. The summed E-state index contributed by atoms with van der Waals surface area (Å²) < 4.78 is 5.65. The van der Waals surface area contributed by atoms with Gasteiger partial charge in [0.2, 0.25) is 0 Å². The van der Waals surface area contributed by atoms with Crippen LogP contribution >= 0.6 is 0 Å². The summed E-state index contributed by atoms with van der Waals surface area (Å²) >= 11 is 0. The number of guanidine groups is 1. The molecular formula is C25H35N5O. The van der Waals surface area contributed by atoms with Crippen molar-refractivity contribution in [3.63, 3.8) is 0 Å². The van der Waals surface area contributed by atoms with Gasteiger partial charge in [-0.3, -0.25) is 4.99 Å². The summed E-state index contributed by atoms with van der Waals surface area (Å²) in [4.78, 5) is 11.3.